The van der Waals surface area contributed by atoms with Crippen LogP contribution in [-0.2, 0) is 4.84 Å². The number of fused-ring (bicyclic) bond motifs is 1. The standard InChI is InChI=1S/C18H9ClN2O4S/c19-13-8-4-3-7-12(13)15-20-14(9-26-15)18(24)25-21-16(22)10-5-1-2-6-11(10)17(21)23/h1-9H. The van der Waals surface area contributed by atoms with E-state index in [0.29, 0.717) is 20.7 Å². The highest BCUT2D eigenvalue weighted by molar-refractivity contribution is 7.13. The molecule has 2 heterocycles. The molecule has 0 aliphatic carbocycles. The maximum atomic E-state index is 12.3. The SMILES string of the molecule is O=C(ON1C(=O)c2ccccc2C1=O)c1csc(-c2ccccc2Cl)n1. The summed E-state index contributed by atoms with van der Waals surface area (Å²) >= 11 is 7.34. The van der Waals surface area contributed by atoms with Gasteiger partial charge in [-0.15, -0.1) is 11.3 Å². The lowest BCUT2D eigenvalue weighted by atomic mass is 10.1. The minimum atomic E-state index is -0.894. The van der Waals surface area contributed by atoms with Crippen molar-refractivity contribution in [3.63, 3.8) is 0 Å². The van der Waals surface area contributed by atoms with Crippen LogP contribution in [0.5, 0.6) is 0 Å². The number of rotatable bonds is 3. The Morgan fingerprint density at radius 1 is 0.962 bits per heavy atom. The third-order valence-electron chi connectivity index (χ3n) is 3.75. The van der Waals surface area contributed by atoms with Crippen molar-refractivity contribution < 1.29 is 19.2 Å². The fourth-order valence-corrected chi connectivity index (χ4v) is 3.62. The topological polar surface area (TPSA) is 76.6 Å². The van der Waals surface area contributed by atoms with Crippen molar-refractivity contribution in [3.05, 3.63) is 75.8 Å². The third kappa shape index (κ3) is 2.67. The molecule has 0 saturated carbocycles. The molecule has 1 aliphatic rings. The Labute approximate surface area is 156 Å². The third-order valence-corrected chi connectivity index (χ3v) is 4.95. The quantitative estimate of drug-likeness (QED) is 0.641. The summed E-state index contributed by atoms with van der Waals surface area (Å²) in [4.78, 5) is 46.0. The second-order valence-electron chi connectivity index (χ2n) is 5.35. The van der Waals surface area contributed by atoms with E-state index in [4.69, 9.17) is 16.4 Å². The number of imide groups is 1. The van der Waals surface area contributed by atoms with E-state index in [2.05, 4.69) is 4.98 Å². The zero-order chi connectivity index (χ0) is 18.3. The van der Waals surface area contributed by atoms with Gasteiger partial charge in [0.2, 0.25) is 0 Å². The Bertz CT molecular complexity index is 1030. The number of benzene rings is 2. The summed E-state index contributed by atoms with van der Waals surface area (Å²) in [7, 11) is 0. The first-order valence-corrected chi connectivity index (χ1v) is 8.72. The summed E-state index contributed by atoms with van der Waals surface area (Å²) in [6, 6.07) is 13.4. The Morgan fingerprint density at radius 2 is 1.54 bits per heavy atom. The van der Waals surface area contributed by atoms with Crippen molar-refractivity contribution in [2.75, 3.05) is 0 Å². The molecule has 0 radical (unpaired) electrons. The summed E-state index contributed by atoms with van der Waals surface area (Å²) in [6.07, 6.45) is 0. The number of carbonyl (C=O) groups is 3. The van der Waals surface area contributed by atoms with Crippen molar-refractivity contribution in [2.45, 2.75) is 0 Å². The smallest absolute Gasteiger partial charge is 0.322 e. The van der Waals surface area contributed by atoms with Crippen LogP contribution in [-0.4, -0.2) is 27.8 Å². The maximum absolute atomic E-state index is 12.3. The molecular formula is C18H9ClN2O4S. The number of hydrogen-bond acceptors (Lipinski definition) is 6. The van der Waals surface area contributed by atoms with Gasteiger partial charge in [-0.1, -0.05) is 47.0 Å². The molecule has 1 aliphatic heterocycles. The zero-order valence-corrected chi connectivity index (χ0v) is 14.6. The lowest BCUT2D eigenvalue weighted by molar-refractivity contribution is -0.0587. The summed E-state index contributed by atoms with van der Waals surface area (Å²) in [5.74, 6) is -2.25. The molecule has 2 amide bonds. The van der Waals surface area contributed by atoms with Gasteiger partial charge in [0, 0.05) is 10.9 Å². The molecule has 8 heteroatoms. The van der Waals surface area contributed by atoms with Crippen molar-refractivity contribution in [3.8, 4) is 10.6 Å². The maximum Gasteiger partial charge on any atom is 0.383 e. The second-order valence-corrected chi connectivity index (χ2v) is 6.61. The molecule has 6 nitrogen and oxygen atoms in total. The molecule has 26 heavy (non-hydrogen) atoms. The monoisotopic (exact) mass is 384 g/mol. The van der Waals surface area contributed by atoms with E-state index in [9.17, 15) is 14.4 Å². The van der Waals surface area contributed by atoms with Gasteiger partial charge in [0.1, 0.15) is 5.01 Å². The van der Waals surface area contributed by atoms with Gasteiger partial charge in [0.05, 0.1) is 16.1 Å². The van der Waals surface area contributed by atoms with Crippen molar-refractivity contribution in [1.29, 1.82) is 0 Å². The number of amides is 2. The fraction of sp³-hybridized carbons (Fsp3) is 0. The van der Waals surface area contributed by atoms with Crippen LogP contribution in [0, 0.1) is 0 Å². The Hall–Kier alpha value is -3.03. The molecule has 0 bridgehead atoms. The first-order chi connectivity index (χ1) is 12.6. The predicted octanol–water partition coefficient (Wildman–Crippen LogP) is 3.83. The van der Waals surface area contributed by atoms with Gasteiger partial charge in [-0.25, -0.2) is 9.78 Å². The lowest BCUT2D eigenvalue weighted by Gasteiger charge is -2.11. The van der Waals surface area contributed by atoms with E-state index in [1.807, 2.05) is 0 Å². The number of hydroxylamine groups is 2. The van der Waals surface area contributed by atoms with E-state index < -0.39 is 17.8 Å². The van der Waals surface area contributed by atoms with Gasteiger partial charge >= 0.3 is 5.97 Å². The molecule has 0 fully saturated rings. The molecule has 4 rings (SSSR count). The van der Waals surface area contributed by atoms with Crippen LogP contribution in [0.3, 0.4) is 0 Å². The van der Waals surface area contributed by atoms with Gasteiger partial charge in [-0.3, -0.25) is 9.59 Å². The molecule has 128 valence electrons. The predicted molar refractivity (Wildman–Crippen MR) is 94.9 cm³/mol. The minimum Gasteiger partial charge on any atom is -0.322 e. The number of aromatic nitrogens is 1. The van der Waals surface area contributed by atoms with Gasteiger partial charge in [0.15, 0.2) is 5.69 Å². The second kappa shape index (κ2) is 6.36. The van der Waals surface area contributed by atoms with Gasteiger partial charge in [0.25, 0.3) is 11.8 Å². The largest absolute Gasteiger partial charge is 0.383 e. The summed E-state index contributed by atoms with van der Waals surface area (Å²) in [5, 5.41) is 2.98. The molecule has 3 aromatic rings. The van der Waals surface area contributed by atoms with Crippen LogP contribution in [0.25, 0.3) is 10.6 Å². The van der Waals surface area contributed by atoms with Crippen molar-refractivity contribution in [2.24, 2.45) is 0 Å². The van der Waals surface area contributed by atoms with E-state index in [-0.39, 0.29) is 16.8 Å². The number of thiazole rings is 1. The first-order valence-electron chi connectivity index (χ1n) is 7.47. The molecule has 0 atom stereocenters. The molecular weight excluding hydrogens is 376 g/mol. The summed E-state index contributed by atoms with van der Waals surface area (Å²) < 4.78 is 0. The van der Waals surface area contributed by atoms with Gasteiger partial charge in [-0.2, -0.15) is 0 Å². The van der Waals surface area contributed by atoms with E-state index in [1.165, 1.54) is 28.8 Å². The van der Waals surface area contributed by atoms with Crippen LogP contribution in [0.4, 0.5) is 0 Å². The molecule has 0 saturated heterocycles. The Kier molecular flexibility index (Phi) is 4.02. The normalized spacial score (nSPS) is 13.0. The highest BCUT2D eigenvalue weighted by Gasteiger charge is 2.39. The van der Waals surface area contributed by atoms with E-state index >= 15 is 0 Å². The van der Waals surface area contributed by atoms with Crippen LogP contribution >= 0.6 is 22.9 Å². The number of hydrogen-bond donors (Lipinski definition) is 0. The summed E-state index contributed by atoms with van der Waals surface area (Å²) in [5.41, 5.74) is 1.06. The minimum absolute atomic E-state index is 0.0125. The Morgan fingerprint density at radius 3 is 2.15 bits per heavy atom. The molecule has 1 aromatic heterocycles. The first kappa shape index (κ1) is 16.4. The fourth-order valence-electron chi connectivity index (χ4n) is 2.51. The van der Waals surface area contributed by atoms with Gasteiger partial charge in [-0.05, 0) is 18.2 Å². The highest BCUT2D eigenvalue weighted by atomic mass is 35.5. The number of halogens is 1. The van der Waals surface area contributed by atoms with Crippen LogP contribution < -0.4 is 0 Å². The summed E-state index contributed by atoms with van der Waals surface area (Å²) in [6.45, 7) is 0. The molecule has 0 spiro atoms. The van der Waals surface area contributed by atoms with Crippen molar-refractivity contribution in [1.82, 2.24) is 10.0 Å². The zero-order valence-electron chi connectivity index (χ0n) is 13.0. The molecule has 2 aromatic carbocycles. The molecule has 0 N–H and O–H groups in total. The average molecular weight is 385 g/mol. The number of nitrogens with zero attached hydrogens (tertiary/aromatic N) is 2. The van der Waals surface area contributed by atoms with Crippen LogP contribution in [0.2, 0.25) is 5.02 Å². The van der Waals surface area contributed by atoms with E-state index in [1.54, 1.807) is 36.4 Å². The van der Waals surface area contributed by atoms with Crippen LogP contribution in [0.15, 0.2) is 53.9 Å². The van der Waals surface area contributed by atoms with Crippen LogP contribution in [0.1, 0.15) is 31.2 Å². The lowest BCUT2D eigenvalue weighted by Crippen LogP contribution is -2.32. The van der Waals surface area contributed by atoms with E-state index in [0.717, 1.165) is 0 Å². The highest BCUT2D eigenvalue weighted by Crippen LogP contribution is 2.30. The number of carbonyl (C=O) groups excluding carboxylic acids is 3. The van der Waals surface area contributed by atoms with Crippen molar-refractivity contribution >= 4 is 40.7 Å². The van der Waals surface area contributed by atoms with Gasteiger partial charge < -0.3 is 4.84 Å². The Balaban J connectivity index is 1.56. The molecule has 0 unspecified atom stereocenters. The average Bonchev–Trinajstić information content (AvgIpc) is 3.23.